The molecule has 0 aromatic heterocycles. The first kappa shape index (κ1) is 13.8. The third-order valence-electron chi connectivity index (χ3n) is 3.25. The van der Waals surface area contributed by atoms with Crippen LogP contribution >= 0.6 is 15.9 Å². The van der Waals surface area contributed by atoms with Crippen molar-refractivity contribution in [1.29, 1.82) is 0 Å². The number of Topliss-reactive ketones (excluding diaryl/α,β-unsaturated/α-hetero) is 1. The van der Waals surface area contributed by atoms with Crippen molar-refractivity contribution in [2.45, 2.75) is 0 Å². The number of ether oxygens (including phenoxy) is 1. The molecular formula is C18H13BrO2. The lowest BCUT2D eigenvalue weighted by atomic mass is 10.1. The first-order valence-electron chi connectivity index (χ1n) is 6.63. The molecule has 3 rings (SSSR count). The Morgan fingerprint density at radius 2 is 1.71 bits per heavy atom. The Morgan fingerprint density at radius 3 is 2.57 bits per heavy atom. The molecule has 0 heterocycles. The predicted octanol–water partition coefficient (Wildman–Crippen LogP) is 4.86. The number of rotatable bonds is 4. The molecule has 0 aliphatic rings. The minimum Gasteiger partial charge on any atom is -0.485 e. The summed E-state index contributed by atoms with van der Waals surface area (Å²) in [5.41, 5.74) is 0.643. The number of fused-ring (bicyclic) bond motifs is 1. The molecule has 0 atom stereocenters. The van der Waals surface area contributed by atoms with Crippen LogP contribution in [0.1, 0.15) is 10.4 Å². The lowest BCUT2D eigenvalue weighted by Crippen LogP contribution is -2.11. The van der Waals surface area contributed by atoms with E-state index in [1.807, 2.05) is 54.6 Å². The topological polar surface area (TPSA) is 26.3 Å². The van der Waals surface area contributed by atoms with E-state index in [1.165, 1.54) is 0 Å². The van der Waals surface area contributed by atoms with E-state index in [4.69, 9.17) is 4.74 Å². The standard InChI is InChI=1S/C18H13BrO2/c19-15-8-3-7-14(11-15)17(20)12-21-18-10-4-6-13-5-1-2-9-16(13)18/h1-11H,12H2. The third kappa shape index (κ3) is 3.14. The molecule has 0 aliphatic heterocycles. The van der Waals surface area contributed by atoms with E-state index in [9.17, 15) is 4.79 Å². The highest BCUT2D eigenvalue weighted by Gasteiger charge is 2.08. The van der Waals surface area contributed by atoms with Crippen LogP contribution in [0.2, 0.25) is 0 Å². The molecule has 2 nitrogen and oxygen atoms in total. The molecule has 0 unspecified atom stereocenters. The molecule has 0 aliphatic carbocycles. The zero-order valence-electron chi connectivity index (χ0n) is 11.3. The van der Waals surface area contributed by atoms with Gasteiger partial charge in [-0.3, -0.25) is 4.79 Å². The Morgan fingerprint density at radius 1 is 0.952 bits per heavy atom. The normalized spacial score (nSPS) is 10.5. The minimum absolute atomic E-state index is 0.0322. The van der Waals surface area contributed by atoms with Crippen molar-refractivity contribution in [3.63, 3.8) is 0 Å². The van der Waals surface area contributed by atoms with Crippen LogP contribution in [0.3, 0.4) is 0 Å². The van der Waals surface area contributed by atoms with Gasteiger partial charge in [0.15, 0.2) is 12.4 Å². The lowest BCUT2D eigenvalue weighted by Gasteiger charge is -2.09. The van der Waals surface area contributed by atoms with Crippen molar-refractivity contribution in [3.05, 3.63) is 76.8 Å². The van der Waals surface area contributed by atoms with Gasteiger partial charge in [0.05, 0.1) is 0 Å². The fourth-order valence-electron chi connectivity index (χ4n) is 2.21. The highest BCUT2D eigenvalue weighted by Crippen LogP contribution is 2.25. The molecule has 0 amide bonds. The zero-order valence-corrected chi connectivity index (χ0v) is 12.8. The number of hydrogen-bond acceptors (Lipinski definition) is 2. The highest BCUT2D eigenvalue weighted by molar-refractivity contribution is 9.10. The molecule has 21 heavy (non-hydrogen) atoms. The number of carbonyl (C=O) groups is 1. The summed E-state index contributed by atoms with van der Waals surface area (Å²) in [6.07, 6.45) is 0. The van der Waals surface area contributed by atoms with Crippen LogP contribution in [0, 0.1) is 0 Å². The third-order valence-corrected chi connectivity index (χ3v) is 3.75. The first-order valence-corrected chi connectivity index (χ1v) is 7.43. The molecule has 3 aromatic carbocycles. The Bertz CT molecular complexity index is 791. The van der Waals surface area contributed by atoms with Crippen molar-refractivity contribution in [2.75, 3.05) is 6.61 Å². The van der Waals surface area contributed by atoms with Gasteiger partial charge in [-0.25, -0.2) is 0 Å². The summed E-state index contributed by atoms with van der Waals surface area (Å²) in [6, 6.07) is 21.1. The second-order valence-corrected chi connectivity index (χ2v) is 5.62. The van der Waals surface area contributed by atoms with Crippen LogP contribution in [0.5, 0.6) is 5.75 Å². The summed E-state index contributed by atoms with van der Waals surface area (Å²) in [7, 11) is 0. The molecule has 0 radical (unpaired) electrons. The molecule has 0 saturated heterocycles. The minimum atomic E-state index is -0.0377. The van der Waals surface area contributed by atoms with Gasteiger partial charge in [0.1, 0.15) is 5.75 Å². The predicted molar refractivity (Wildman–Crippen MR) is 87.9 cm³/mol. The summed E-state index contributed by atoms with van der Waals surface area (Å²) in [6.45, 7) is 0.0322. The van der Waals surface area contributed by atoms with Crippen molar-refractivity contribution in [1.82, 2.24) is 0 Å². The SMILES string of the molecule is O=C(COc1cccc2ccccc12)c1cccc(Br)c1. The van der Waals surface area contributed by atoms with Crippen LogP contribution in [-0.4, -0.2) is 12.4 Å². The molecule has 3 heteroatoms. The second kappa shape index (κ2) is 6.10. The monoisotopic (exact) mass is 340 g/mol. The number of carbonyl (C=O) groups excluding carboxylic acids is 1. The maximum atomic E-state index is 12.2. The van der Waals surface area contributed by atoms with Crippen molar-refractivity contribution in [2.24, 2.45) is 0 Å². The van der Waals surface area contributed by atoms with Crippen molar-refractivity contribution in [3.8, 4) is 5.75 Å². The van der Waals surface area contributed by atoms with E-state index in [0.717, 1.165) is 21.0 Å². The van der Waals surface area contributed by atoms with E-state index in [-0.39, 0.29) is 12.4 Å². The Kier molecular flexibility index (Phi) is 4.02. The van der Waals surface area contributed by atoms with Gasteiger partial charge >= 0.3 is 0 Å². The van der Waals surface area contributed by atoms with Gasteiger partial charge in [0, 0.05) is 15.4 Å². The van der Waals surface area contributed by atoms with Gasteiger partial charge in [-0.15, -0.1) is 0 Å². The number of ketones is 1. The first-order chi connectivity index (χ1) is 10.2. The molecule has 0 spiro atoms. The summed E-state index contributed by atoms with van der Waals surface area (Å²) < 4.78 is 6.60. The summed E-state index contributed by atoms with van der Waals surface area (Å²) >= 11 is 3.37. The fourth-order valence-corrected chi connectivity index (χ4v) is 2.61. The number of halogens is 1. The maximum absolute atomic E-state index is 12.2. The summed E-state index contributed by atoms with van der Waals surface area (Å²) in [5, 5.41) is 2.12. The zero-order chi connectivity index (χ0) is 14.7. The molecule has 0 bridgehead atoms. The van der Waals surface area contributed by atoms with Crippen molar-refractivity contribution < 1.29 is 9.53 Å². The molecule has 0 saturated carbocycles. The van der Waals surface area contributed by atoms with Gasteiger partial charge < -0.3 is 4.74 Å². The van der Waals surface area contributed by atoms with Crippen LogP contribution in [0.4, 0.5) is 0 Å². The van der Waals surface area contributed by atoms with Crippen LogP contribution < -0.4 is 4.74 Å². The molecule has 0 fully saturated rings. The molecule has 0 N–H and O–H groups in total. The smallest absolute Gasteiger partial charge is 0.200 e. The van der Waals surface area contributed by atoms with Crippen LogP contribution in [-0.2, 0) is 0 Å². The van der Waals surface area contributed by atoms with E-state index >= 15 is 0 Å². The van der Waals surface area contributed by atoms with Gasteiger partial charge in [0.25, 0.3) is 0 Å². The fraction of sp³-hybridized carbons (Fsp3) is 0.0556. The van der Waals surface area contributed by atoms with E-state index in [2.05, 4.69) is 15.9 Å². The highest BCUT2D eigenvalue weighted by atomic mass is 79.9. The van der Waals surface area contributed by atoms with E-state index in [0.29, 0.717) is 5.56 Å². The van der Waals surface area contributed by atoms with Crippen LogP contribution in [0.15, 0.2) is 71.2 Å². The average Bonchev–Trinajstić information content (AvgIpc) is 2.52. The Hall–Kier alpha value is -2.13. The van der Waals surface area contributed by atoms with Gasteiger partial charge in [0.2, 0.25) is 0 Å². The maximum Gasteiger partial charge on any atom is 0.200 e. The molecule has 3 aromatic rings. The molecular weight excluding hydrogens is 328 g/mol. The van der Waals surface area contributed by atoms with E-state index < -0.39 is 0 Å². The largest absolute Gasteiger partial charge is 0.485 e. The summed E-state index contributed by atoms with van der Waals surface area (Å²) in [4.78, 5) is 12.2. The Balaban J connectivity index is 1.79. The van der Waals surface area contributed by atoms with Crippen LogP contribution in [0.25, 0.3) is 10.8 Å². The number of benzene rings is 3. The Labute approximate surface area is 131 Å². The average molecular weight is 341 g/mol. The number of hydrogen-bond donors (Lipinski definition) is 0. The molecule has 104 valence electrons. The summed E-state index contributed by atoms with van der Waals surface area (Å²) in [5.74, 6) is 0.695. The lowest BCUT2D eigenvalue weighted by molar-refractivity contribution is 0.0922. The van der Waals surface area contributed by atoms with E-state index in [1.54, 1.807) is 12.1 Å². The van der Waals surface area contributed by atoms with Crippen molar-refractivity contribution >= 4 is 32.5 Å². The van der Waals surface area contributed by atoms with Gasteiger partial charge in [-0.2, -0.15) is 0 Å². The second-order valence-electron chi connectivity index (χ2n) is 4.70. The van der Waals surface area contributed by atoms with Gasteiger partial charge in [-0.05, 0) is 23.6 Å². The quantitative estimate of drug-likeness (QED) is 0.633. The van der Waals surface area contributed by atoms with Gasteiger partial charge in [-0.1, -0.05) is 64.5 Å².